The molecule has 0 saturated carbocycles. The molecule has 0 aliphatic heterocycles. The van der Waals surface area contributed by atoms with Crippen molar-refractivity contribution in [2.24, 2.45) is 0 Å². The molecule has 0 unspecified atom stereocenters. The zero-order valence-electron chi connectivity index (χ0n) is 8.63. The Kier molecular flexibility index (Phi) is 3.91. The molecule has 0 atom stereocenters. The van der Waals surface area contributed by atoms with Gasteiger partial charge in [-0.25, -0.2) is 4.79 Å². The summed E-state index contributed by atoms with van der Waals surface area (Å²) >= 11 is 0. The molecule has 0 aliphatic carbocycles. The van der Waals surface area contributed by atoms with E-state index in [1.807, 2.05) is 0 Å². The second-order valence-corrected chi connectivity index (χ2v) is 3.12. The summed E-state index contributed by atoms with van der Waals surface area (Å²) < 4.78 is 0. The van der Waals surface area contributed by atoms with Gasteiger partial charge in [-0.15, -0.1) is 0 Å². The number of carboxylic acids is 1. The van der Waals surface area contributed by atoms with E-state index in [1.54, 1.807) is 13.8 Å². The number of aliphatic carboxylic acids is 1. The molecule has 1 N–H and O–H groups in total. The quantitative estimate of drug-likeness (QED) is 0.717. The highest BCUT2D eigenvalue weighted by Crippen LogP contribution is 2.22. The third-order valence-corrected chi connectivity index (χ3v) is 2.68. The standard InChI is InChI=1S/C9H17NO3/c1-5-9(6-2,8(12)13)10(4)7(3)11/h5-6H2,1-4H3,(H,12,13). The van der Waals surface area contributed by atoms with E-state index in [9.17, 15) is 9.59 Å². The van der Waals surface area contributed by atoms with Crippen molar-refractivity contribution in [1.29, 1.82) is 0 Å². The second-order valence-electron chi connectivity index (χ2n) is 3.12. The molecular formula is C9H17NO3. The van der Waals surface area contributed by atoms with Gasteiger partial charge in [0.25, 0.3) is 0 Å². The molecule has 0 heterocycles. The third-order valence-electron chi connectivity index (χ3n) is 2.68. The van der Waals surface area contributed by atoms with Crippen molar-refractivity contribution in [3.05, 3.63) is 0 Å². The third kappa shape index (κ3) is 1.99. The fraction of sp³-hybridized carbons (Fsp3) is 0.778. The molecule has 0 aromatic rings. The predicted molar refractivity (Wildman–Crippen MR) is 49.4 cm³/mol. The van der Waals surface area contributed by atoms with E-state index in [1.165, 1.54) is 18.9 Å². The van der Waals surface area contributed by atoms with Crippen LogP contribution in [0.4, 0.5) is 0 Å². The average molecular weight is 187 g/mol. The van der Waals surface area contributed by atoms with Crippen LogP contribution in [0.3, 0.4) is 0 Å². The van der Waals surface area contributed by atoms with Gasteiger partial charge in [0.2, 0.25) is 5.91 Å². The average Bonchev–Trinajstić information content (AvgIpc) is 2.06. The molecule has 0 aromatic carbocycles. The van der Waals surface area contributed by atoms with Crippen LogP contribution in [0.15, 0.2) is 0 Å². The molecule has 1 amide bonds. The largest absolute Gasteiger partial charge is 0.479 e. The van der Waals surface area contributed by atoms with Crippen LogP contribution in [-0.4, -0.2) is 34.5 Å². The molecule has 0 spiro atoms. The minimum absolute atomic E-state index is 0.217. The molecular weight excluding hydrogens is 170 g/mol. The lowest BCUT2D eigenvalue weighted by molar-refractivity contribution is -0.157. The first-order valence-electron chi connectivity index (χ1n) is 4.40. The zero-order chi connectivity index (χ0) is 10.6. The minimum atomic E-state index is -1.04. The van der Waals surface area contributed by atoms with Crippen LogP contribution < -0.4 is 0 Å². The van der Waals surface area contributed by atoms with E-state index < -0.39 is 11.5 Å². The molecule has 0 saturated heterocycles. The number of likely N-dealkylation sites (N-methyl/N-ethyl adjacent to an activating group) is 1. The Hall–Kier alpha value is -1.06. The van der Waals surface area contributed by atoms with Crippen LogP contribution in [-0.2, 0) is 9.59 Å². The fourth-order valence-corrected chi connectivity index (χ4v) is 1.47. The molecule has 4 heteroatoms. The van der Waals surface area contributed by atoms with E-state index in [4.69, 9.17) is 5.11 Å². The normalized spacial score (nSPS) is 11.1. The molecule has 0 aliphatic rings. The molecule has 13 heavy (non-hydrogen) atoms. The summed E-state index contributed by atoms with van der Waals surface area (Å²) in [5, 5.41) is 9.05. The van der Waals surface area contributed by atoms with Gasteiger partial charge in [-0.2, -0.15) is 0 Å². The summed E-state index contributed by atoms with van der Waals surface area (Å²) in [7, 11) is 1.53. The van der Waals surface area contributed by atoms with E-state index in [0.717, 1.165) is 0 Å². The Bertz CT molecular complexity index is 209. The summed E-state index contributed by atoms with van der Waals surface area (Å²) in [4.78, 5) is 23.4. The van der Waals surface area contributed by atoms with Gasteiger partial charge in [0, 0.05) is 14.0 Å². The SMILES string of the molecule is CCC(CC)(C(=O)O)N(C)C(C)=O. The van der Waals surface area contributed by atoms with Gasteiger partial charge in [0.15, 0.2) is 0 Å². The van der Waals surface area contributed by atoms with E-state index >= 15 is 0 Å². The lowest BCUT2D eigenvalue weighted by Crippen LogP contribution is -2.53. The van der Waals surface area contributed by atoms with Crippen LogP contribution in [0.25, 0.3) is 0 Å². The number of carboxylic acid groups (broad SMARTS) is 1. The summed E-state index contributed by atoms with van der Waals surface area (Å²) in [6.07, 6.45) is 0.851. The van der Waals surface area contributed by atoms with Crippen LogP contribution in [0.2, 0.25) is 0 Å². The van der Waals surface area contributed by atoms with Crippen molar-refractivity contribution in [2.75, 3.05) is 7.05 Å². The van der Waals surface area contributed by atoms with Gasteiger partial charge in [-0.1, -0.05) is 13.8 Å². The maximum absolute atomic E-state index is 11.1. The number of hydrogen-bond donors (Lipinski definition) is 1. The Morgan fingerprint density at radius 1 is 1.31 bits per heavy atom. The Balaban J connectivity index is 4.97. The van der Waals surface area contributed by atoms with Crippen molar-refractivity contribution >= 4 is 11.9 Å². The summed E-state index contributed by atoms with van der Waals surface area (Å²) in [6, 6.07) is 0. The molecule has 0 rings (SSSR count). The monoisotopic (exact) mass is 187 g/mol. The van der Waals surface area contributed by atoms with Crippen molar-refractivity contribution in [3.63, 3.8) is 0 Å². The van der Waals surface area contributed by atoms with Crippen molar-refractivity contribution < 1.29 is 14.7 Å². The van der Waals surface area contributed by atoms with Crippen LogP contribution in [0.5, 0.6) is 0 Å². The van der Waals surface area contributed by atoms with E-state index in [-0.39, 0.29) is 5.91 Å². The molecule has 0 bridgehead atoms. The number of amides is 1. The van der Waals surface area contributed by atoms with Crippen molar-refractivity contribution in [2.45, 2.75) is 39.2 Å². The highest BCUT2D eigenvalue weighted by molar-refractivity contribution is 5.85. The first-order chi connectivity index (χ1) is 5.92. The highest BCUT2D eigenvalue weighted by atomic mass is 16.4. The van der Waals surface area contributed by atoms with E-state index in [2.05, 4.69) is 0 Å². The van der Waals surface area contributed by atoms with Gasteiger partial charge in [0.1, 0.15) is 5.54 Å². The first kappa shape index (κ1) is 11.9. The molecule has 0 radical (unpaired) electrons. The Morgan fingerprint density at radius 2 is 1.69 bits per heavy atom. The van der Waals surface area contributed by atoms with Gasteiger partial charge < -0.3 is 10.0 Å². The van der Waals surface area contributed by atoms with Gasteiger partial charge in [-0.05, 0) is 12.8 Å². The first-order valence-corrected chi connectivity index (χ1v) is 4.40. The van der Waals surface area contributed by atoms with Crippen molar-refractivity contribution in [3.8, 4) is 0 Å². The Morgan fingerprint density at radius 3 is 1.77 bits per heavy atom. The molecule has 0 fully saturated rings. The smallest absolute Gasteiger partial charge is 0.329 e. The lowest BCUT2D eigenvalue weighted by atomic mass is 9.91. The summed E-state index contributed by atoms with van der Waals surface area (Å²) in [6.45, 7) is 4.93. The highest BCUT2D eigenvalue weighted by Gasteiger charge is 2.40. The van der Waals surface area contributed by atoms with Gasteiger partial charge in [-0.3, -0.25) is 4.79 Å². The maximum Gasteiger partial charge on any atom is 0.329 e. The summed E-state index contributed by atoms with van der Waals surface area (Å²) in [5.74, 6) is -1.15. The number of rotatable bonds is 4. The van der Waals surface area contributed by atoms with Gasteiger partial charge in [0.05, 0.1) is 0 Å². The predicted octanol–water partition coefficient (Wildman–Crippen LogP) is 1.11. The number of carbonyl (C=O) groups excluding carboxylic acids is 1. The maximum atomic E-state index is 11.1. The summed E-state index contributed by atoms with van der Waals surface area (Å²) in [5.41, 5.74) is -1.04. The van der Waals surface area contributed by atoms with Gasteiger partial charge >= 0.3 is 5.97 Å². The number of carbonyl (C=O) groups is 2. The topological polar surface area (TPSA) is 57.6 Å². The molecule has 4 nitrogen and oxygen atoms in total. The van der Waals surface area contributed by atoms with Crippen LogP contribution in [0, 0.1) is 0 Å². The lowest BCUT2D eigenvalue weighted by Gasteiger charge is -2.36. The fourth-order valence-electron chi connectivity index (χ4n) is 1.47. The number of hydrogen-bond acceptors (Lipinski definition) is 2. The van der Waals surface area contributed by atoms with Crippen molar-refractivity contribution in [1.82, 2.24) is 4.90 Å². The van der Waals surface area contributed by atoms with Crippen LogP contribution >= 0.6 is 0 Å². The Labute approximate surface area is 78.5 Å². The van der Waals surface area contributed by atoms with E-state index in [0.29, 0.717) is 12.8 Å². The molecule has 76 valence electrons. The zero-order valence-corrected chi connectivity index (χ0v) is 8.63. The van der Waals surface area contributed by atoms with Crippen LogP contribution in [0.1, 0.15) is 33.6 Å². The molecule has 0 aromatic heterocycles. The minimum Gasteiger partial charge on any atom is -0.479 e. The second kappa shape index (κ2) is 4.25. The number of nitrogens with zero attached hydrogens (tertiary/aromatic N) is 1.